The maximum atomic E-state index is 11.5. The van der Waals surface area contributed by atoms with Crippen molar-refractivity contribution in [3.8, 4) is 0 Å². The Morgan fingerprint density at radius 2 is 0.842 bits per heavy atom. The summed E-state index contributed by atoms with van der Waals surface area (Å²) in [5.41, 5.74) is 0. The molecule has 0 aliphatic rings. The third kappa shape index (κ3) is 7.45. The van der Waals surface area contributed by atoms with Crippen molar-refractivity contribution in [1.29, 1.82) is 0 Å². The average molecular weight is 470 g/mol. The van der Waals surface area contributed by atoms with Gasteiger partial charge in [-0.05, 0) is 0 Å². The second-order valence-corrected chi connectivity index (χ2v) is 8.79. The van der Waals surface area contributed by atoms with E-state index in [1.165, 1.54) is 0 Å². The van der Waals surface area contributed by atoms with E-state index in [9.17, 15) is 14.4 Å². The Labute approximate surface area is 123 Å². The van der Waals surface area contributed by atoms with E-state index in [0.29, 0.717) is 0 Å². The quantitative estimate of drug-likeness (QED) is 0.549. The van der Waals surface area contributed by atoms with Gasteiger partial charge in [-0.15, -0.1) is 0 Å². The average Bonchev–Trinajstić information content (AvgIpc) is 2.27. The molecule has 0 aromatic heterocycles. The Hall–Kier alpha value is -0.707. The van der Waals surface area contributed by atoms with Crippen LogP contribution in [0.1, 0.15) is 41.5 Å². The van der Waals surface area contributed by atoms with Crippen LogP contribution in [-0.4, -0.2) is 41.0 Å². The summed E-state index contributed by atoms with van der Waals surface area (Å²) >= 11 is -3.82. The van der Waals surface area contributed by atoms with E-state index in [-0.39, 0.29) is 17.8 Å². The molecule has 19 heavy (non-hydrogen) atoms. The molecule has 0 saturated heterocycles. The second-order valence-electron chi connectivity index (χ2n) is 4.92. The fraction of sp³-hybridized carbons (Fsp3) is 0.750. The molecule has 0 bridgehead atoms. The molecule has 0 spiro atoms. The van der Waals surface area contributed by atoms with E-state index in [0.717, 1.165) is 0 Å². The Kier molecular flexibility index (Phi) is 8.15. The van der Waals surface area contributed by atoms with E-state index in [4.69, 9.17) is 8.44 Å². The van der Waals surface area contributed by atoms with Gasteiger partial charge in [-0.2, -0.15) is 0 Å². The van der Waals surface area contributed by atoms with Crippen molar-refractivity contribution in [2.24, 2.45) is 17.8 Å². The van der Waals surface area contributed by atoms with Crippen molar-refractivity contribution in [3.05, 3.63) is 0 Å². The minimum absolute atomic E-state index is 0.368. The van der Waals surface area contributed by atoms with E-state index < -0.39 is 41.0 Å². The molecule has 0 aliphatic heterocycles. The van der Waals surface area contributed by atoms with Gasteiger partial charge in [-0.3, -0.25) is 0 Å². The van der Waals surface area contributed by atoms with Crippen LogP contribution in [0.25, 0.3) is 0 Å². The van der Waals surface area contributed by atoms with E-state index >= 15 is 0 Å². The normalized spacial score (nSPS) is 11.1. The molecular formula is C12H21BiO6. The molecule has 0 rings (SSSR count). The molecule has 0 fully saturated rings. The van der Waals surface area contributed by atoms with Crippen LogP contribution >= 0.6 is 0 Å². The van der Waals surface area contributed by atoms with Crippen molar-refractivity contribution in [2.75, 3.05) is 0 Å². The van der Waals surface area contributed by atoms with Gasteiger partial charge in [-0.25, -0.2) is 0 Å². The molecule has 0 heterocycles. The number of carbonyl (C=O) groups is 3. The van der Waals surface area contributed by atoms with Crippen LogP contribution in [-0.2, 0) is 22.8 Å². The maximum absolute atomic E-state index is 11.5. The van der Waals surface area contributed by atoms with Crippen molar-refractivity contribution < 1.29 is 22.8 Å². The molecule has 0 aromatic carbocycles. The molecule has 0 aromatic rings. The molecule has 0 atom stereocenters. The molecule has 0 aliphatic carbocycles. The topological polar surface area (TPSA) is 78.9 Å². The van der Waals surface area contributed by atoms with Crippen LogP contribution in [0.4, 0.5) is 0 Å². The first-order chi connectivity index (χ1) is 8.65. The van der Waals surface area contributed by atoms with Gasteiger partial charge in [0.2, 0.25) is 0 Å². The fourth-order valence-corrected chi connectivity index (χ4v) is 5.20. The van der Waals surface area contributed by atoms with Gasteiger partial charge < -0.3 is 0 Å². The Morgan fingerprint density at radius 1 is 0.632 bits per heavy atom. The first kappa shape index (κ1) is 18.3. The van der Waals surface area contributed by atoms with Gasteiger partial charge in [0.1, 0.15) is 0 Å². The van der Waals surface area contributed by atoms with Crippen LogP contribution in [0, 0.1) is 17.8 Å². The Morgan fingerprint density at radius 3 is 1.00 bits per heavy atom. The summed E-state index contributed by atoms with van der Waals surface area (Å²) < 4.78 is 15.1. The van der Waals surface area contributed by atoms with Gasteiger partial charge in [0.05, 0.1) is 0 Å². The first-order valence-electron chi connectivity index (χ1n) is 6.10. The standard InChI is InChI=1S/3C4H8O2.Bi/c3*1-3(2)4(5)6;/h3*3H,1-2H3,(H,5,6);/q;;;+3/p-3. The molecule has 6 nitrogen and oxygen atoms in total. The fourth-order valence-electron chi connectivity index (χ4n) is 0.593. The van der Waals surface area contributed by atoms with Crippen LogP contribution < -0.4 is 0 Å². The van der Waals surface area contributed by atoms with Gasteiger partial charge in [0.25, 0.3) is 0 Å². The summed E-state index contributed by atoms with van der Waals surface area (Å²) in [4.78, 5) is 34.5. The molecule has 110 valence electrons. The van der Waals surface area contributed by atoms with Crippen LogP contribution in [0.5, 0.6) is 0 Å². The molecule has 0 radical (unpaired) electrons. The predicted molar refractivity (Wildman–Crippen MR) is 68.5 cm³/mol. The number of rotatable bonds is 6. The number of carbonyl (C=O) groups excluding carboxylic acids is 3. The summed E-state index contributed by atoms with van der Waals surface area (Å²) in [6, 6.07) is 0. The zero-order valence-electron chi connectivity index (χ0n) is 12.1. The molecule has 0 saturated carbocycles. The molecule has 7 heteroatoms. The second kappa shape index (κ2) is 8.46. The molecule has 0 unspecified atom stereocenters. The summed E-state index contributed by atoms with van der Waals surface area (Å²) in [5, 5.41) is 0. The van der Waals surface area contributed by atoms with Gasteiger partial charge in [0, 0.05) is 0 Å². The van der Waals surface area contributed by atoms with Crippen molar-refractivity contribution in [2.45, 2.75) is 41.5 Å². The number of hydrogen-bond acceptors (Lipinski definition) is 6. The van der Waals surface area contributed by atoms with Crippen LogP contribution in [0.3, 0.4) is 0 Å². The minimum atomic E-state index is -3.82. The molecular weight excluding hydrogens is 449 g/mol. The van der Waals surface area contributed by atoms with Crippen molar-refractivity contribution in [1.82, 2.24) is 0 Å². The van der Waals surface area contributed by atoms with Gasteiger partial charge >= 0.3 is 123 Å². The zero-order valence-corrected chi connectivity index (χ0v) is 15.6. The van der Waals surface area contributed by atoms with Gasteiger partial charge in [-0.1, -0.05) is 0 Å². The van der Waals surface area contributed by atoms with Crippen molar-refractivity contribution in [3.63, 3.8) is 0 Å². The van der Waals surface area contributed by atoms with E-state index in [1.54, 1.807) is 41.5 Å². The van der Waals surface area contributed by atoms with Crippen molar-refractivity contribution >= 4 is 41.0 Å². The van der Waals surface area contributed by atoms with Gasteiger partial charge in [0.15, 0.2) is 0 Å². The monoisotopic (exact) mass is 470 g/mol. The number of hydrogen-bond donors (Lipinski definition) is 0. The third-order valence-electron chi connectivity index (χ3n) is 1.91. The Balaban J connectivity index is 4.68. The first-order valence-corrected chi connectivity index (χ1v) is 10.4. The Bertz CT molecular complexity index is 285. The summed E-state index contributed by atoms with van der Waals surface area (Å²) in [6.07, 6.45) is 0. The van der Waals surface area contributed by atoms with E-state index in [1.807, 2.05) is 0 Å². The van der Waals surface area contributed by atoms with Crippen LogP contribution in [0.2, 0.25) is 0 Å². The SMILES string of the molecule is CC(C)C(=O)[O][Bi]([O]C(=O)C(C)C)[O]C(=O)C(C)C. The summed E-state index contributed by atoms with van der Waals surface area (Å²) in [7, 11) is 0. The van der Waals surface area contributed by atoms with Crippen LogP contribution in [0.15, 0.2) is 0 Å². The molecule has 0 amide bonds. The molecule has 0 N–H and O–H groups in total. The van der Waals surface area contributed by atoms with E-state index in [2.05, 4.69) is 0 Å². The third-order valence-corrected chi connectivity index (χ3v) is 5.74. The predicted octanol–water partition coefficient (Wildman–Crippen LogP) is 1.57. The zero-order chi connectivity index (χ0) is 15.2. The summed E-state index contributed by atoms with van der Waals surface area (Å²) in [5.74, 6) is -2.67. The summed E-state index contributed by atoms with van der Waals surface area (Å²) in [6.45, 7) is 9.91.